The summed E-state index contributed by atoms with van der Waals surface area (Å²) in [5, 5.41) is 18.8. The highest BCUT2D eigenvalue weighted by atomic mass is 16.3. The Bertz CT molecular complexity index is 361. The maximum absolute atomic E-state index is 9.41. The Morgan fingerprint density at radius 1 is 1.21 bits per heavy atom. The molecule has 1 atom stereocenters. The molecule has 0 aliphatic heterocycles. The monoisotopic (exact) mass is 193 g/mol. The van der Waals surface area contributed by atoms with Crippen molar-refractivity contribution in [3.63, 3.8) is 0 Å². The van der Waals surface area contributed by atoms with E-state index in [0.717, 1.165) is 24.0 Å². The fourth-order valence-corrected chi connectivity index (χ4v) is 2.15. The molecule has 0 radical (unpaired) electrons. The Morgan fingerprint density at radius 3 is 2.50 bits per heavy atom. The van der Waals surface area contributed by atoms with Gasteiger partial charge in [0, 0.05) is 6.04 Å². The summed E-state index contributed by atoms with van der Waals surface area (Å²) < 4.78 is 0. The molecule has 0 saturated heterocycles. The highest BCUT2D eigenvalue weighted by molar-refractivity contribution is 5.48. The third-order valence-electron chi connectivity index (χ3n) is 2.91. The first-order chi connectivity index (χ1) is 6.59. The van der Waals surface area contributed by atoms with Crippen molar-refractivity contribution in [3.05, 3.63) is 23.3 Å². The Morgan fingerprint density at radius 2 is 1.86 bits per heavy atom. The number of aromatic hydroxyl groups is 2. The van der Waals surface area contributed by atoms with Gasteiger partial charge in [-0.05, 0) is 50.2 Å². The number of phenols is 2. The smallest absolute Gasteiger partial charge is 0.157 e. The summed E-state index contributed by atoms with van der Waals surface area (Å²) in [6.45, 7) is 0. The van der Waals surface area contributed by atoms with Gasteiger partial charge in [0.15, 0.2) is 11.5 Å². The molecule has 0 saturated carbocycles. The summed E-state index contributed by atoms with van der Waals surface area (Å²) in [7, 11) is 4.06. The lowest BCUT2D eigenvalue weighted by molar-refractivity contribution is 0.298. The Labute approximate surface area is 83.6 Å². The largest absolute Gasteiger partial charge is 0.504 e. The second-order valence-electron chi connectivity index (χ2n) is 4.06. The van der Waals surface area contributed by atoms with Crippen LogP contribution in [0, 0.1) is 0 Å². The molecule has 1 aliphatic carbocycles. The second-order valence-corrected chi connectivity index (χ2v) is 4.06. The van der Waals surface area contributed by atoms with Crippen molar-refractivity contribution in [1.82, 2.24) is 4.90 Å². The summed E-state index contributed by atoms with van der Waals surface area (Å²) in [4.78, 5) is 2.14. The summed E-state index contributed by atoms with van der Waals surface area (Å²) in [5.41, 5.74) is 2.30. The van der Waals surface area contributed by atoms with E-state index >= 15 is 0 Å². The topological polar surface area (TPSA) is 43.7 Å². The van der Waals surface area contributed by atoms with Crippen LogP contribution >= 0.6 is 0 Å². The van der Waals surface area contributed by atoms with E-state index in [1.807, 2.05) is 14.1 Å². The van der Waals surface area contributed by atoms with Crippen molar-refractivity contribution in [3.8, 4) is 11.5 Å². The van der Waals surface area contributed by atoms with Crippen LogP contribution in [0.25, 0.3) is 0 Å². The average molecular weight is 193 g/mol. The van der Waals surface area contributed by atoms with E-state index in [0.29, 0.717) is 6.04 Å². The molecule has 1 aromatic carbocycles. The average Bonchev–Trinajstić information content (AvgIpc) is 2.48. The number of hydrogen-bond donors (Lipinski definition) is 2. The van der Waals surface area contributed by atoms with Crippen LogP contribution in [0.1, 0.15) is 23.6 Å². The molecule has 2 N–H and O–H groups in total. The molecule has 3 heteroatoms. The van der Waals surface area contributed by atoms with Crippen molar-refractivity contribution < 1.29 is 10.2 Å². The molecule has 76 valence electrons. The van der Waals surface area contributed by atoms with Gasteiger partial charge < -0.3 is 15.1 Å². The zero-order valence-corrected chi connectivity index (χ0v) is 8.49. The predicted octanol–water partition coefficient (Wildman–Crippen LogP) is 1.65. The van der Waals surface area contributed by atoms with Gasteiger partial charge in [0.2, 0.25) is 0 Å². The zero-order chi connectivity index (χ0) is 10.3. The molecule has 0 fully saturated rings. The first-order valence-electron chi connectivity index (χ1n) is 4.81. The predicted molar refractivity (Wildman–Crippen MR) is 54.5 cm³/mol. The van der Waals surface area contributed by atoms with Gasteiger partial charge in [-0.3, -0.25) is 0 Å². The third-order valence-corrected chi connectivity index (χ3v) is 2.91. The molecule has 0 amide bonds. The van der Waals surface area contributed by atoms with Crippen LogP contribution in [-0.2, 0) is 6.42 Å². The van der Waals surface area contributed by atoms with Crippen molar-refractivity contribution in [2.24, 2.45) is 0 Å². The Kier molecular flexibility index (Phi) is 2.11. The zero-order valence-electron chi connectivity index (χ0n) is 8.49. The number of fused-ring (bicyclic) bond motifs is 1. The van der Waals surface area contributed by atoms with Crippen molar-refractivity contribution in [2.75, 3.05) is 14.1 Å². The molecule has 1 aromatic rings. The number of aryl methyl sites for hydroxylation is 1. The van der Waals surface area contributed by atoms with E-state index in [-0.39, 0.29) is 11.5 Å². The van der Waals surface area contributed by atoms with E-state index in [9.17, 15) is 10.2 Å². The van der Waals surface area contributed by atoms with Gasteiger partial charge in [-0.15, -0.1) is 0 Å². The van der Waals surface area contributed by atoms with Gasteiger partial charge in [-0.1, -0.05) is 0 Å². The van der Waals surface area contributed by atoms with Crippen LogP contribution in [0.5, 0.6) is 11.5 Å². The lowest BCUT2D eigenvalue weighted by Gasteiger charge is -2.20. The Hall–Kier alpha value is -1.22. The molecular formula is C11H15NO2. The Balaban J connectivity index is 2.45. The van der Waals surface area contributed by atoms with Gasteiger partial charge in [0.1, 0.15) is 0 Å². The highest BCUT2D eigenvalue weighted by Gasteiger charge is 2.25. The minimum atomic E-state index is -0.0162. The first kappa shape index (κ1) is 9.34. The molecule has 2 rings (SSSR count). The molecule has 0 heterocycles. The molecule has 3 nitrogen and oxygen atoms in total. The molecule has 0 spiro atoms. The number of rotatable bonds is 1. The van der Waals surface area contributed by atoms with Gasteiger partial charge in [0.05, 0.1) is 0 Å². The summed E-state index contributed by atoms with van der Waals surface area (Å²) in [6.07, 6.45) is 2.04. The minimum Gasteiger partial charge on any atom is -0.504 e. The van der Waals surface area contributed by atoms with Crippen LogP contribution in [-0.4, -0.2) is 29.2 Å². The van der Waals surface area contributed by atoms with Crippen molar-refractivity contribution in [2.45, 2.75) is 18.9 Å². The van der Waals surface area contributed by atoms with Crippen LogP contribution in [0.15, 0.2) is 12.1 Å². The summed E-state index contributed by atoms with van der Waals surface area (Å²) in [5.74, 6) is -0.0272. The van der Waals surface area contributed by atoms with Crippen LogP contribution < -0.4 is 0 Å². The maximum atomic E-state index is 9.41. The fourth-order valence-electron chi connectivity index (χ4n) is 2.15. The van der Waals surface area contributed by atoms with E-state index in [2.05, 4.69) is 4.90 Å². The number of nitrogens with zero attached hydrogens (tertiary/aromatic N) is 1. The molecular weight excluding hydrogens is 178 g/mol. The lowest BCUT2D eigenvalue weighted by atomic mass is 10.1. The second kappa shape index (κ2) is 3.17. The molecule has 0 aromatic heterocycles. The van der Waals surface area contributed by atoms with E-state index in [1.54, 1.807) is 12.1 Å². The normalized spacial score (nSPS) is 20.1. The quantitative estimate of drug-likeness (QED) is 0.666. The lowest BCUT2D eigenvalue weighted by Crippen LogP contribution is -2.17. The van der Waals surface area contributed by atoms with Gasteiger partial charge >= 0.3 is 0 Å². The minimum absolute atomic E-state index is 0.0110. The van der Waals surface area contributed by atoms with Crippen molar-refractivity contribution in [1.29, 1.82) is 0 Å². The maximum Gasteiger partial charge on any atom is 0.157 e. The SMILES string of the molecule is CN(C)C1CCc2cc(O)c(O)cc21. The van der Waals surface area contributed by atoms with E-state index in [4.69, 9.17) is 0 Å². The van der Waals surface area contributed by atoms with E-state index in [1.165, 1.54) is 0 Å². The summed E-state index contributed by atoms with van der Waals surface area (Å²) in [6, 6.07) is 3.73. The summed E-state index contributed by atoms with van der Waals surface area (Å²) >= 11 is 0. The van der Waals surface area contributed by atoms with Gasteiger partial charge in [-0.25, -0.2) is 0 Å². The number of phenolic OH excluding ortho intramolecular Hbond substituents is 2. The van der Waals surface area contributed by atoms with Crippen LogP contribution in [0.4, 0.5) is 0 Å². The number of benzene rings is 1. The van der Waals surface area contributed by atoms with Crippen LogP contribution in [0.3, 0.4) is 0 Å². The van der Waals surface area contributed by atoms with Gasteiger partial charge in [0.25, 0.3) is 0 Å². The van der Waals surface area contributed by atoms with Crippen LogP contribution in [0.2, 0.25) is 0 Å². The molecule has 0 bridgehead atoms. The number of hydrogen-bond acceptors (Lipinski definition) is 3. The van der Waals surface area contributed by atoms with Gasteiger partial charge in [-0.2, -0.15) is 0 Å². The third kappa shape index (κ3) is 1.34. The fraction of sp³-hybridized carbons (Fsp3) is 0.455. The first-order valence-corrected chi connectivity index (χ1v) is 4.81. The molecule has 1 unspecified atom stereocenters. The van der Waals surface area contributed by atoms with Crippen molar-refractivity contribution >= 4 is 0 Å². The molecule has 14 heavy (non-hydrogen) atoms. The van der Waals surface area contributed by atoms with E-state index < -0.39 is 0 Å². The molecule has 1 aliphatic rings. The standard InChI is InChI=1S/C11H15NO2/c1-12(2)9-4-3-7-5-10(13)11(14)6-8(7)9/h5-6,9,13-14H,3-4H2,1-2H3. The highest BCUT2D eigenvalue weighted by Crippen LogP contribution is 2.40.